The van der Waals surface area contributed by atoms with Gasteiger partial charge in [-0.1, -0.05) is 36.4 Å². The maximum atomic E-state index is 13.9. The monoisotopic (exact) mass is 828 g/mol. The van der Waals surface area contributed by atoms with Gasteiger partial charge in [0.2, 0.25) is 0 Å². The Bertz CT molecular complexity index is 1880. The molecule has 0 spiro atoms. The van der Waals surface area contributed by atoms with Crippen molar-refractivity contribution in [2.75, 3.05) is 103 Å². The van der Waals surface area contributed by atoms with Gasteiger partial charge in [0, 0.05) is 75.9 Å². The van der Waals surface area contributed by atoms with Gasteiger partial charge in [0.25, 0.3) is 5.69 Å². The summed E-state index contributed by atoms with van der Waals surface area (Å²) in [5.41, 5.74) is 4.05. The highest BCUT2D eigenvalue weighted by Crippen LogP contribution is 2.40. The Morgan fingerprint density at radius 1 is 0.667 bits per heavy atom. The van der Waals surface area contributed by atoms with Gasteiger partial charge in [0.1, 0.15) is 11.5 Å². The predicted molar refractivity (Wildman–Crippen MR) is 232 cm³/mol. The van der Waals surface area contributed by atoms with Gasteiger partial charge in [-0.05, 0) is 82.4 Å². The minimum absolute atomic E-state index is 0. The first-order valence-electron chi connectivity index (χ1n) is 20.7. The second-order valence-corrected chi connectivity index (χ2v) is 15.2. The highest BCUT2D eigenvalue weighted by Gasteiger charge is 2.38. The molecule has 60 heavy (non-hydrogen) atoms. The van der Waals surface area contributed by atoms with Crippen molar-refractivity contribution in [3.63, 3.8) is 0 Å². The molecule has 3 N–H and O–H groups in total. The van der Waals surface area contributed by atoms with E-state index in [-0.39, 0.29) is 35.5 Å². The molecule has 0 atom stereocenters. The fraction of sp³-hybridized carbons (Fsp3) is 0.467. The molecule has 15 nitrogen and oxygen atoms in total. The number of nitrogens with zero attached hydrogens (tertiary/aromatic N) is 5. The van der Waals surface area contributed by atoms with Crippen molar-refractivity contribution in [1.29, 1.82) is 0 Å². The molecule has 2 saturated heterocycles. The predicted octanol–water partition coefficient (Wildman–Crippen LogP) is 5.31. The van der Waals surface area contributed by atoms with Gasteiger partial charge >= 0.3 is 11.9 Å². The highest BCUT2D eigenvalue weighted by molar-refractivity contribution is 6.00. The van der Waals surface area contributed by atoms with Gasteiger partial charge in [-0.25, -0.2) is 9.59 Å². The van der Waals surface area contributed by atoms with Crippen LogP contribution in [0.3, 0.4) is 0 Å². The van der Waals surface area contributed by atoms with Crippen molar-refractivity contribution >= 4 is 29.0 Å². The number of methoxy groups -OCH3 is 2. The van der Waals surface area contributed by atoms with Gasteiger partial charge < -0.3 is 39.5 Å². The summed E-state index contributed by atoms with van der Waals surface area (Å²) in [4.78, 5) is 48.6. The van der Waals surface area contributed by atoms with Crippen molar-refractivity contribution in [2.24, 2.45) is 0 Å². The number of benzene rings is 3. The second-order valence-electron chi connectivity index (χ2n) is 15.2. The molecule has 0 aliphatic carbocycles. The zero-order valence-electron chi connectivity index (χ0n) is 35.3. The standard InChI is InChI=1S/C45H58N6O8.H2O/c1-33-41(44(52)58-30-11-9-20-47-22-26-49(27-23-47)37-16-5-7-18-39(37)56-3)43(35-14-13-15-36(32-35)51(54)55)42(34(2)46-33)45(53)59-31-12-10-21-48-24-28-50(29-25-48)38-17-6-8-19-40(38)57-4;/h5-8,13-19,32,43,46H,9-12,20-31H2,1-4H3;1H2. The fourth-order valence-electron chi connectivity index (χ4n) is 8.25. The number of nitro benzene ring substituents is 1. The molecule has 3 aromatic carbocycles. The van der Waals surface area contributed by atoms with E-state index in [0.29, 0.717) is 29.8 Å². The van der Waals surface area contributed by atoms with Gasteiger partial charge in [-0.15, -0.1) is 0 Å². The number of ether oxygens (including phenoxy) is 4. The lowest BCUT2D eigenvalue weighted by molar-refractivity contribution is -0.384. The number of unbranched alkanes of at least 4 members (excludes halogenated alkanes) is 2. The molecule has 6 rings (SSSR count). The summed E-state index contributed by atoms with van der Waals surface area (Å²) in [6.45, 7) is 13.0. The number of nitro groups is 1. The zero-order chi connectivity index (χ0) is 41.7. The fourth-order valence-corrected chi connectivity index (χ4v) is 8.25. The maximum Gasteiger partial charge on any atom is 0.336 e. The van der Waals surface area contributed by atoms with E-state index in [4.69, 9.17) is 18.9 Å². The lowest BCUT2D eigenvalue weighted by Gasteiger charge is -2.36. The molecule has 0 aromatic heterocycles. The second kappa shape index (κ2) is 22.1. The molecule has 3 aliphatic rings. The number of piperazine rings is 2. The number of esters is 2. The molecule has 0 unspecified atom stereocenters. The van der Waals surface area contributed by atoms with Gasteiger partial charge in [0.15, 0.2) is 0 Å². The average molecular weight is 829 g/mol. The minimum Gasteiger partial charge on any atom is -0.495 e. The average Bonchev–Trinajstić information content (AvgIpc) is 3.26. The van der Waals surface area contributed by atoms with Crippen LogP contribution in [0.5, 0.6) is 11.5 Å². The van der Waals surface area contributed by atoms with Gasteiger partial charge in [0.05, 0.1) is 60.8 Å². The zero-order valence-corrected chi connectivity index (χ0v) is 35.3. The number of hydrogen-bond donors (Lipinski definition) is 1. The van der Waals surface area contributed by atoms with Crippen LogP contribution in [-0.2, 0) is 19.1 Å². The summed E-state index contributed by atoms with van der Waals surface area (Å²) in [7, 11) is 3.39. The third-order valence-electron chi connectivity index (χ3n) is 11.4. The highest BCUT2D eigenvalue weighted by atomic mass is 16.6. The van der Waals surface area contributed by atoms with Crippen LogP contribution >= 0.6 is 0 Å². The first kappa shape index (κ1) is 45.4. The summed E-state index contributed by atoms with van der Waals surface area (Å²) in [6, 6.07) is 22.2. The molecular weight excluding hydrogens is 769 g/mol. The van der Waals surface area contributed by atoms with E-state index in [0.717, 1.165) is 101 Å². The summed E-state index contributed by atoms with van der Waals surface area (Å²) in [6.07, 6.45) is 3.03. The number of dihydropyridines is 1. The van der Waals surface area contributed by atoms with Crippen LogP contribution in [0.25, 0.3) is 0 Å². The summed E-state index contributed by atoms with van der Waals surface area (Å²) in [5, 5.41) is 15.0. The number of carbonyl (C=O) groups excluding carboxylic acids is 2. The summed E-state index contributed by atoms with van der Waals surface area (Å²) < 4.78 is 22.8. The quantitative estimate of drug-likeness (QED) is 0.0758. The smallest absolute Gasteiger partial charge is 0.336 e. The van der Waals surface area contributed by atoms with E-state index in [1.54, 1.807) is 40.2 Å². The number of anilines is 2. The Morgan fingerprint density at radius 3 is 1.55 bits per heavy atom. The minimum atomic E-state index is -0.907. The molecule has 3 aromatic rings. The number of non-ortho nitro benzene ring substituents is 1. The molecule has 0 bridgehead atoms. The van der Waals surface area contributed by atoms with E-state index in [1.807, 2.05) is 36.4 Å². The molecule has 15 heteroatoms. The van der Waals surface area contributed by atoms with Crippen molar-refractivity contribution in [3.05, 3.63) is 111 Å². The molecule has 0 saturated carbocycles. The van der Waals surface area contributed by atoms with Crippen molar-refractivity contribution in [1.82, 2.24) is 15.1 Å². The van der Waals surface area contributed by atoms with Gasteiger partial charge in [-0.3, -0.25) is 19.9 Å². The van der Waals surface area contributed by atoms with E-state index in [2.05, 4.69) is 37.0 Å². The number of rotatable bonds is 18. The number of allylic oxidation sites excluding steroid dienone is 2. The largest absolute Gasteiger partial charge is 0.495 e. The summed E-state index contributed by atoms with van der Waals surface area (Å²) in [5.74, 6) is -0.292. The number of para-hydroxylation sites is 4. The number of hydrogen-bond acceptors (Lipinski definition) is 13. The van der Waals surface area contributed by atoms with Crippen LogP contribution in [-0.4, -0.2) is 125 Å². The molecule has 324 valence electrons. The first-order chi connectivity index (χ1) is 28.7. The Balaban J connectivity index is 0.00000683. The molecule has 3 aliphatic heterocycles. The maximum absolute atomic E-state index is 13.9. The van der Waals surface area contributed by atoms with Crippen molar-refractivity contribution < 1.29 is 38.9 Å². The Morgan fingerprint density at radius 2 is 1.12 bits per heavy atom. The van der Waals surface area contributed by atoms with Crippen LogP contribution in [0.2, 0.25) is 0 Å². The van der Waals surface area contributed by atoms with Crippen molar-refractivity contribution in [3.8, 4) is 11.5 Å². The molecule has 2 fully saturated rings. The first-order valence-corrected chi connectivity index (χ1v) is 20.7. The van der Waals surface area contributed by atoms with E-state index in [9.17, 15) is 19.7 Å². The van der Waals surface area contributed by atoms with Crippen LogP contribution in [0.4, 0.5) is 17.1 Å². The van der Waals surface area contributed by atoms with Crippen LogP contribution in [0, 0.1) is 10.1 Å². The number of nitrogens with one attached hydrogen (secondary N) is 1. The summed E-state index contributed by atoms with van der Waals surface area (Å²) >= 11 is 0. The Labute approximate surface area is 353 Å². The van der Waals surface area contributed by atoms with Gasteiger partial charge in [-0.2, -0.15) is 0 Å². The molecule has 0 amide bonds. The van der Waals surface area contributed by atoms with Crippen LogP contribution in [0.15, 0.2) is 95.3 Å². The molecule has 3 heterocycles. The third kappa shape index (κ3) is 11.3. The Kier molecular flexibility index (Phi) is 16.7. The van der Waals surface area contributed by atoms with E-state index < -0.39 is 22.8 Å². The van der Waals surface area contributed by atoms with E-state index in [1.165, 1.54) is 12.1 Å². The lowest BCUT2D eigenvalue weighted by atomic mass is 9.80. The Hall–Kier alpha value is -5.64. The van der Waals surface area contributed by atoms with Crippen molar-refractivity contribution in [2.45, 2.75) is 45.4 Å². The van der Waals surface area contributed by atoms with E-state index >= 15 is 0 Å². The third-order valence-corrected chi connectivity index (χ3v) is 11.4. The molecule has 0 radical (unpaired) electrons. The van der Waals surface area contributed by atoms with Crippen LogP contribution in [0.1, 0.15) is 51.0 Å². The topological polar surface area (TPSA) is 171 Å². The lowest BCUT2D eigenvalue weighted by Crippen LogP contribution is -2.46. The normalized spacial score (nSPS) is 16.5. The SMILES string of the molecule is COc1ccccc1N1CCN(CCCCOC(=O)C2=C(C)NC(C)=C(C(=O)OCCCCN3CCN(c4ccccc4OC)CC3)C2c2cccc([N+](=O)[O-])c2)CC1.O. The molecular formula is C45H60N6O9. The van der Waals surface area contributed by atoms with Crippen LogP contribution < -0.4 is 24.6 Å². The number of carbonyl (C=O) groups is 2.